The maximum absolute atomic E-state index is 12.4. The highest BCUT2D eigenvalue weighted by Gasteiger charge is 2.32. The molecule has 1 aromatic heterocycles. The Kier molecular flexibility index (Phi) is 5.23. The van der Waals surface area contributed by atoms with E-state index in [-0.39, 0.29) is 5.02 Å². The van der Waals surface area contributed by atoms with Gasteiger partial charge in [-0.3, -0.25) is 0 Å². The summed E-state index contributed by atoms with van der Waals surface area (Å²) in [6, 6.07) is 6.29. The Morgan fingerprint density at radius 2 is 1.79 bits per heavy atom. The van der Waals surface area contributed by atoms with Crippen molar-refractivity contribution in [2.45, 2.75) is 56.8 Å². The Morgan fingerprint density at radius 1 is 1.04 bits per heavy atom. The van der Waals surface area contributed by atoms with Crippen molar-refractivity contribution in [3.8, 4) is 5.75 Å². The normalized spacial score (nSPS) is 17.6. The molecular weight excluding hydrogens is 393 g/mol. The number of nitrogens with one attached hydrogen (secondary N) is 2. The number of halogens is 4. The van der Waals surface area contributed by atoms with E-state index < -0.39 is 12.1 Å². The third-order valence-corrected chi connectivity index (χ3v) is 5.16. The number of anilines is 3. The van der Waals surface area contributed by atoms with Gasteiger partial charge < -0.3 is 15.4 Å². The molecule has 9 heteroatoms. The van der Waals surface area contributed by atoms with Crippen molar-refractivity contribution in [2.75, 3.05) is 10.6 Å². The fraction of sp³-hybridized carbons (Fsp3) is 0.474. The lowest BCUT2D eigenvalue weighted by Gasteiger charge is -2.15. The van der Waals surface area contributed by atoms with Crippen LogP contribution in [0, 0.1) is 0 Å². The van der Waals surface area contributed by atoms with Crippen LogP contribution in [0.3, 0.4) is 0 Å². The first kappa shape index (κ1) is 19.1. The molecule has 0 amide bonds. The van der Waals surface area contributed by atoms with Gasteiger partial charge in [-0.2, -0.15) is 4.98 Å². The lowest BCUT2D eigenvalue weighted by molar-refractivity contribution is -0.274. The first-order valence-electron chi connectivity index (χ1n) is 9.33. The van der Waals surface area contributed by atoms with Gasteiger partial charge in [0.15, 0.2) is 0 Å². The molecule has 2 N–H and O–H groups in total. The summed E-state index contributed by atoms with van der Waals surface area (Å²) in [6.07, 6.45) is 2.05. The van der Waals surface area contributed by atoms with Gasteiger partial charge in [0, 0.05) is 23.7 Å². The molecule has 0 spiro atoms. The summed E-state index contributed by atoms with van der Waals surface area (Å²) in [5.74, 6) is 1.17. The number of nitrogens with zero attached hydrogens (tertiary/aromatic N) is 2. The van der Waals surface area contributed by atoms with Crippen LogP contribution in [0.2, 0.25) is 5.02 Å². The predicted octanol–water partition coefficient (Wildman–Crippen LogP) is 6.00. The average molecular weight is 413 g/mol. The van der Waals surface area contributed by atoms with Gasteiger partial charge in [-0.05, 0) is 43.9 Å². The van der Waals surface area contributed by atoms with E-state index in [9.17, 15) is 13.2 Å². The standard InChI is InChI=1S/C19H20ClF3N4O/c20-14-9-13(7-8-16(14)28-19(21,22)23)24-17-10-15(11-5-6-11)26-18(27-17)25-12-3-1-2-4-12/h7-12H,1-6H2,(H2,24,25,26,27). The summed E-state index contributed by atoms with van der Waals surface area (Å²) in [5.41, 5.74) is 1.49. The van der Waals surface area contributed by atoms with Crippen molar-refractivity contribution in [3.05, 3.63) is 35.0 Å². The topological polar surface area (TPSA) is 59.1 Å². The zero-order valence-corrected chi connectivity index (χ0v) is 15.8. The monoisotopic (exact) mass is 412 g/mol. The van der Waals surface area contributed by atoms with E-state index in [1.165, 1.54) is 31.0 Å². The summed E-state index contributed by atoms with van der Waals surface area (Å²) in [4.78, 5) is 9.17. The maximum atomic E-state index is 12.4. The molecule has 2 aliphatic rings. The quantitative estimate of drug-likeness (QED) is 0.609. The average Bonchev–Trinajstić information content (AvgIpc) is 3.34. The molecule has 150 valence electrons. The molecule has 28 heavy (non-hydrogen) atoms. The van der Waals surface area contributed by atoms with Crippen molar-refractivity contribution in [2.24, 2.45) is 0 Å². The van der Waals surface area contributed by atoms with Gasteiger partial charge in [0.05, 0.1) is 10.7 Å². The number of hydrogen-bond acceptors (Lipinski definition) is 5. The zero-order chi connectivity index (χ0) is 19.7. The fourth-order valence-corrected chi connectivity index (χ4v) is 3.59. The number of benzene rings is 1. The lowest BCUT2D eigenvalue weighted by atomic mass is 10.2. The van der Waals surface area contributed by atoms with Gasteiger partial charge in [-0.1, -0.05) is 24.4 Å². The van der Waals surface area contributed by atoms with Crippen LogP contribution in [-0.4, -0.2) is 22.4 Å². The smallest absolute Gasteiger partial charge is 0.404 e. The van der Waals surface area contributed by atoms with E-state index >= 15 is 0 Å². The summed E-state index contributed by atoms with van der Waals surface area (Å²) in [5, 5.41) is 6.38. The van der Waals surface area contributed by atoms with Crippen LogP contribution in [0.4, 0.5) is 30.6 Å². The largest absolute Gasteiger partial charge is 0.573 e. The van der Waals surface area contributed by atoms with E-state index in [2.05, 4.69) is 25.3 Å². The molecule has 5 nitrogen and oxygen atoms in total. The van der Waals surface area contributed by atoms with Crippen molar-refractivity contribution >= 4 is 29.1 Å². The van der Waals surface area contributed by atoms with Crippen LogP contribution in [-0.2, 0) is 0 Å². The molecule has 1 aromatic carbocycles. The van der Waals surface area contributed by atoms with Crippen LogP contribution in [0.5, 0.6) is 5.75 Å². The van der Waals surface area contributed by atoms with Gasteiger partial charge >= 0.3 is 6.36 Å². The Balaban J connectivity index is 1.53. The van der Waals surface area contributed by atoms with Crippen LogP contribution >= 0.6 is 11.6 Å². The summed E-state index contributed by atoms with van der Waals surface area (Å²) >= 11 is 5.93. The molecule has 0 saturated heterocycles. The molecule has 0 unspecified atom stereocenters. The zero-order valence-electron chi connectivity index (χ0n) is 15.0. The molecule has 2 aliphatic carbocycles. The highest BCUT2D eigenvalue weighted by Crippen LogP contribution is 2.40. The van der Waals surface area contributed by atoms with E-state index in [4.69, 9.17) is 11.6 Å². The minimum Gasteiger partial charge on any atom is -0.404 e. The van der Waals surface area contributed by atoms with Crippen molar-refractivity contribution in [3.63, 3.8) is 0 Å². The second-order valence-corrected chi connectivity index (χ2v) is 7.63. The molecule has 0 radical (unpaired) electrons. The third kappa shape index (κ3) is 4.98. The van der Waals surface area contributed by atoms with E-state index in [0.29, 0.717) is 29.4 Å². The first-order valence-corrected chi connectivity index (χ1v) is 9.71. The van der Waals surface area contributed by atoms with Gasteiger partial charge in [-0.15, -0.1) is 13.2 Å². The Hall–Kier alpha value is -2.22. The molecule has 0 bridgehead atoms. The lowest BCUT2D eigenvalue weighted by Crippen LogP contribution is -2.17. The minimum absolute atomic E-state index is 0.136. The first-order chi connectivity index (χ1) is 13.4. The molecule has 4 rings (SSSR count). The maximum Gasteiger partial charge on any atom is 0.573 e. The Labute approximate surface area is 165 Å². The van der Waals surface area contributed by atoms with Crippen molar-refractivity contribution < 1.29 is 17.9 Å². The number of hydrogen-bond donors (Lipinski definition) is 2. The number of rotatable bonds is 6. The van der Waals surface area contributed by atoms with Gasteiger partial charge in [0.1, 0.15) is 11.6 Å². The number of ether oxygens (including phenoxy) is 1. The van der Waals surface area contributed by atoms with Gasteiger partial charge in [0.2, 0.25) is 5.95 Å². The van der Waals surface area contributed by atoms with Crippen LogP contribution in [0.15, 0.2) is 24.3 Å². The molecule has 2 saturated carbocycles. The number of aromatic nitrogens is 2. The second-order valence-electron chi connectivity index (χ2n) is 7.22. The second kappa shape index (κ2) is 7.66. The SMILES string of the molecule is FC(F)(F)Oc1ccc(Nc2cc(C3CC3)nc(NC3CCCC3)n2)cc1Cl. The summed E-state index contributed by atoms with van der Waals surface area (Å²) < 4.78 is 41.1. The van der Waals surface area contributed by atoms with Crippen LogP contribution < -0.4 is 15.4 Å². The molecule has 1 heterocycles. The number of alkyl halides is 3. The fourth-order valence-electron chi connectivity index (χ4n) is 3.37. The van der Waals surface area contributed by atoms with E-state index in [1.807, 2.05) is 6.07 Å². The summed E-state index contributed by atoms with van der Waals surface area (Å²) in [6.45, 7) is 0. The molecule has 0 aliphatic heterocycles. The summed E-state index contributed by atoms with van der Waals surface area (Å²) in [7, 11) is 0. The Bertz CT molecular complexity index is 852. The van der Waals surface area contributed by atoms with Crippen molar-refractivity contribution in [1.29, 1.82) is 0 Å². The molecule has 0 atom stereocenters. The predicted molar refractivity (Wildman–Crippen MR) is 101 cm³/mol. The van der Waals surface area contributed by atoms with E-state index in [0.717, 1.165) is 31.4 Å². The van der Waals surface area contributed by atoms with Gasteiger partial charge in [0.25, 0.3) is 0 Å². The molecule has 2 aromatic rings. The Morgan fingerprint density at radius 3 is 2.43 bits per heavy atom. The van der Waals surface area contributed by atoms with Crippen molar-refractivity contribution in [1.82, 2.24) is 9.97 Å². The van der Waals surface area contributed by atoms with Crippen LogP contribution in [0.1, 0.15) is 50.1 Å². The molecular formula is C19H20ClF3N4O. The highest BCUT2D eigenvalue weighted by molar-refractivity contribution is 6.32. The van der Waals surface area contributed by atoms with E-state index in [1.54, 1.807) is 0 Å². The van der Waals surface area contributed by atoms with Crippen LogP contribution in [0.25, 0.3) is 0 Å². The highest BCUT2D eigenvalue weighted by atomic mass is 35.5. The minimum atomic E-state index is -4.79. The molecule has 2 fully saturated rings. The van der Waals surface area contributed by atoms with Gasteiger partial charge in [-0.25, -0.2) is 4.98 Å². The third-order valence-electron chi connectivity index (χ3n) is 4.86.